The molecule has 0 saturated carbocycles. The van der Waals surface area contributed by atoms with Gasteiger partial charge in [-0.05, 0) is 24.3 Å². The number of aromatic hydroxyl groups is 1. The van der Waals surface area contributed by atoms with Crippen LogP contribution in [0.3, 0.4) is 0 Å². The summed E-state index contributed by atoms with van der Waals surface area (Å²) in [6, 6.07) is 13.2. The molecule has 0 saturated heterocycles. The molecule has 0 aromatic heterocycles. The molecule has 74 valence electrons. The molecule has 1 heterocycles. The van der Waals surface area contributed by atoms with E-state index >= 15 is 0 Å². The number of rotatable bonds is 0. The second-order valence-electron chi connectivity index (χ2n) is 3.26. The van der Waals surface area contributed by atoms with Gasteiger partial charge in [-0.25, -0.2) is 0 Å². The minimum atomic E-state index is 0.189. The molecule has 2 aromatic carbocycles. The van der Waals surface area contributed by atoms with Gasteiger partial charge in [0.1, 0.15) is 5.75 Å². The standard InChI is InChI=1S/C12H8O2S/c13-8-4-3-7-11-12(8)14-9-5-1-2-6-10(9)15-11/h1-7,13H. The maximum Gasteiger partial charge on any atom is 0.182 e. The van der Waals surface area contributed by atoms with Gasteiger partial charge in [0.2, 0.25) is 0 Å². The normalized spacial score (nSPS) is 12.5. The number of benzene rings is 2. The molecule has 0 aliphatic carbocycles. The average Bonchev–Trinajstić information content (AvgIpc) is 2.27. The molecule has 0 amide bonds. The van der Waals surface area contributed by atoms with Crippen LogP contribution in [0.5, 0.6) is 17.2 Å². The summed E-state index contributed by atoms with van der Waals surface area (Å²) in [7, 11) is 0. The fraction of sp³-hybridized carbons (Fsp3) is 0. The summed E-state index contributed by atoms with van der Waals surface area (Å²) in [4.78, 5) is 2.03. The molecule has 3 heteroatoms. The average molecular weight is 216 g/mol. The molecule has 3 rings (SSSR count). The third-order valence-corrected chi connectivity index (χ3v) is 3.34. The van der Waals surface area contributed by atoms with E-state index in [0.717, 1.165) is 15.5 Å². The van der Waals surface area contributed by atoms with Gasteiger partial charge in [0.05, 0.1) is 9.79 Å². The third-order valence-electron chi connectivity index (χ3n) is 2.24. The Hall–Kier alpha value is -1.61. The van der Waals surface area contributed by atoms with Crippen molar-refractivity contribution in [3.8, 4) is 17.2 Å². The Morgan fingerprint density at radius 1 is 0.933 bits per heavy atom. The lowest BCUT2D eigenvalue weighted by Gasteiger charge is -2.19. The lowest BCUT2D eigenvalue weighted by Crippen LogP contribution is -1.94. The molecule has 1 aliphatic heterocycles. The van der Waals surface area contributed by atoms with Gasteiger partial charge in [0, 0.05) is 0 Å². The Morgan fingerprint density at radius 3 is 2.67 bits per heavy atom. The van der Waals surface area contributed by atoms with Crippen LogP contribution < -0.4 is 4.74 Å². The van der Waals surface area contributed by atoms with Crippen molar-refractivity contribution in [2.45, 2.75) is 9.79 Å². The Morgan fingerprint density at radius 2 is 1.73 bits per heavy atom. The maximum absolute atomic E-state index is 9.64. The van der Waals surface area contributed by atoms with Crippen molar-refractivity contribution in [2.75, 3.05) is 0 Å². The highest BCUT2D eigenvalue weighted by Crippen LogP contribution is 2.49. The van der Waals surface area contributed by atoms with Crippen LogP contribution in [0.15, 0.2) is 52.3 Å². The number of hydrogen-bond acceptors (Lipinski definition) is 3. The van der Waals surface area contributed by atoms with E-state index in [-0.39, 0.29) is 5.75 Å². The first-order valence-electron chi connectivity index (χ1n) is 4.61. The molecule has 0 radical (unpaired) electrons. The second kappa shape index (κ2) is 3.21. The van der Waals surface area contributed by atoms with Gasteiger partial charge in [-0.3, -0.25) is 0 Å². The minimum Gasteiger partial charge on any atom is -0.504 e. The number of phenols is 1. The van der Waals surface area contributed by atoms with Crippen LogP contribution in [-0.2, 0) is 0 Å². The van der Waals surface area contributed by atoms with E-state index in [4.69, 9.17) is 4.74 Å². The summed E-state index contributed by atoms with van der Waals surface area (Å²) in [6.07, 6.45) is 0. The largest absolute Gasteiger partial charge is 0.504 e. The van der Waals surface area contributed by atoms with Crippen molar-refractivity contribution < 1.29 is 9.84 Å². The van der Waals surface area contributed by atoms with Crippen LogP contribution in [-0.4, -0.2) is 5.11 Å². The van der Waals surface area contributed by atoms with Crippen molar-refractivity contribution in [3.05, 3.63) is 42.5 Å². The summed E-state index contributed by atoms with van der Waals surface area (Å²) in [5.41, 5.74) is 0. The van der Waals surface area contributed by atoms with E-state index in [0.29, 0.717) is 5.75 Å². The zero-order valence-electron chi connectivity index (χ0n) is 7.81. The van der Waals surface area contributed by atoms with E-state index < -0.39 is 0 Å². The predicted octanol–water partition coefficient (Wildman–Crippen LogP) is 3.65. The molecule has 2 nitrogen and oxygen atoms in total. The van der Waals surface area contributed by atoms with Crippen LogP contribution >= 0.6 is 11.8 Å². The molecular weight excluding hydrogens is 208 g/mol. The Bertz CT molecular complexity index is 523. The van der Waals surface area contributed by atoms with Crippen molar-refractivity contribution in [3.63, 3.8) is 0 Å². The topological polar surface area (TPSA) is 29.5 Å². The summed E-state index contributed by atoms with van der Waals surface area (Å²) in [6.45, 7) is 0. The van der Waals surface area contributed by atoms with Crippen LogP contribution in [0.2, 0.25) is 0 Å². The molecule has 0 unspecified atom stereocenters. The highest BCUT2D eigenvalue weighted by molar-refractivity contribution is 7.99. The smallest absolute Gasteiger partial charge is 0.182 e. The SMILES string of the molecule is Oc1cccc2c1Oc1ccccc1S2. The van der Waals surface area contributed by atoms with E-state index in [1.807, 2.05) is 36.4 Å². The van der Waals surface area contributed by atoms with Crippen LogP contribution in [0.25, 0.3) is 0 Å². The molecular formula is C12H8O2S. The quantitative estimate of drug-likeness (QED) is 0.622. The molecule has 0 atom stereocenters. The Labute approximate surface area is 91.5 Å². The molecule has 0 bridgehead atoms. The molecule has 0 fully saturated rings. The first-order valence-corrected chi connectivity index (χ1v) is 5.43. The summed E-state index contributed by atoms with van der Waals surface area (Å²) >= 11 is 1.61. The lowest BCUT2D eigenvalue weighted by molar-refractivity contribution is 0.395. The summed E-state index contributed by atoms with van der Waals surface area (Å²) < 4.78 is 5.64. The highest BCUT2D eigenvalue weighted by atomic mass is 32.2. The zero-order valence-corrected chi connectivity index (χ0v) is 8.62. The van der Waals surface area contributed by atoms with Crippen LogP contribution in [0.1, 0.15) is 0 Å². The molecule has 1 aliphatic rings. The van der Waals surface area contributed by atoms with Gasteiger partial charge < -0.3 is 9.84 Å². The Balaban J connectivity index is 2.15. The third kappa shape index (κ3) is 1.36. The molecule has 15 heavy (non-hydrogen) atoms. The van der Waals surface area contributed by atoms with Crippen molar-refractivity contribution in [1.82, 2.24) is 0 Å². The fourth-order valence-electron chi connectivity index (χ4n) is 1.53. The molecule has 2 aromatic rings. The summed E-state index contributed by atoms with van der Waals surface area (Å²) in [5, 5.41) is 9.64. The van der Waals surface area contributed by atoms with E-state index in [1.165, 1.54) is 0 Å². The second-order valence-corrected chi connectivity index (χ2v) is 4.34. The van der Waals surface area contributed by atoms with Gasteiger partial charge >= 0.3 is 0 Å². The van der Waals surface area contributed by atoms with Gasteiger partial charge in [-0.15, -0.1) is 0 Å². The van der Waals surface area contributed by atoms with Crippen LogP contribution in [0.4, 0.5) is 0 Å². The van der Waals surface area contributed by atoms with Gasteiger partial charge in [0.15, 0.2) is 11.5 Å². The van der Waals surface area contributed by atoms with Gasteiger partial charge in [-0.2, -0.15) is 0 Å². The van der Waals surface area contributed by atoms with Gasteiger partial charge in [-0.1, -0.05) is 30.0 Å². The summed E-state index contributed by atoms with van der Waals surface area (Å²) in [5.74, 6) is 1.55. The number of ether oxygens (including phenoxy) is 1. The highest BCUT2D eigenvalue weighted by Gasteiger charge is 2.19. The predicted molar refractivity (Wildman–Crippen MR) is 58.7 cm³/mol. The van der Waals surface area contributed by atoms with Crippen molar-refractivity contribution >= 4 is 11.8 Å². The number of phenolic OH excluding ortho intramolecular Hbond substituents is 1. The van der Waals surface area contributed by atoms with Crippen molar-refractivity contribution in [1.29, 1.82) is 0 Å². The van der Waals surface area contributed by atoms with E-state index in [2.05, 4.69) is 0 Å². The maximum atomic E-state index is 9.64. The minimum absolute atomic E-state index is 0.189. The fourth-order valence-corrected chi connectivity index (χ4v) is 2.51. The number of para-hydroxylation sites is 2. The zero-order chi connectivity index (χ0) is 10.3. The number of fused-ring (bicyclic) bond motifs is 2. The first-order chi connectivity index (χ1) is 7.34. The number of hydrogen-bond donors (Lipinski definition) is 1. The van der Waals surface area contributed by atoms with Crippen molar-refractivity contribution in [2.24, 2.45) is 0 Å². The monoisotopic (exact) mass is 216 g/mol. The van der Waals surface area contributed by atoms with Crippen LogP contribution in [0, 0.1) is 0 Å². The lowest BCUT2D eigenvalue weighted by atomic mass is 10.3. The Kier molecular flexibility index (Phi) is 1.86. The first kappa shape index (κ1) is 8.68. The molecule has 1 N–H and O–H groups in total. The van der Waals surface area contributed by atoms with E-state index in [9.17, 15) is 5.11 Å². The van der Waals surface area contributed by atoms with Gasteiger partial charge in [0.25, 0.3) is 0 Å². The molecule has 0 spiro atoms. The van der Waals surface area contributed by atoms with E-state index in [1.54, 1.807) is 17.8 Å².